The van der Waals surface area contributed by atoms with Gasteiger partial charge in [-0.1, -0.05) is 104 Å². The second-order valence-corrected chi connectivity index (χ2v) is 8.98. The van der Waals surface area contributed by atoms with E-state index >= 15 is 0 Å². The van der Waals surface area contributed by atoms with Crippen molar-refractivity contribution in [2.75, 3.05) is 0 Å². The molecule has 6 heteroatoms. The minimum atomic E-state index is -4.39. The topological polar surface area (TPSA) is 77.4 Å². The Kier molecular flexibility index (Phi) is 22.6. The van der Waals surface area contributed by atoms with Gasteiger partial charge in [-0.2, -0.15) is 0 Å². The SMILES string of the molecule is CCCCCCCCCCCCCCCCC(C(O)CC)S(=O)(=O)[O-].[K+]. The van der Waals surface area contributed by atoms with Crippen molar-refractivity contribution in [3.05, 3.63) is 0 Å². The molecule has 26 heavy (non-hydrogen) atoms. The van der Waals surface area contributed by atoms with E-state index in [2.05, 4.69) is 6.92 Å². The zero-order valence-electron chi connectivity index (χ0n) is 17.5. The van der Waals surface area contributed by atoms with Crippen molar-refractivity contribution in [3.63, 3.8) is 0 Å². The summed E-state index contributed by atoms with van der Waals surface area (Å²) in [4.78, 5) is 0. The summed E-state index contributed by atoms with van der Waals surface area (Å²) in [6.07, 6.45) is 16.9. The van der Waals surface area contributed by atoms with Crippen LogP contribution in [0.2, 0.25) is 0 Å². The van der Waals surface area contributed by atoms with Crippen LogP contribution >= 0.6 is 0 Å². The second kappa shape index (κ2) is 19.8. The molecule has 0 radical (unpaired) electrons. The van der Waals surface area contributed by atoms with Gasteiger partial charge in [-0.25, -0.2) is 8.42 Å². The van der Waals surface area contributed by atoms with Crippen molar-refractivity contribution in [1.29, 1.82) is 0 Å². The molecule has 0 saturated carbocycles. The van der Waals surface area contributed by atoms with Crippen LogP contribution in [0.4, 0.5) is 0 Å². The number of unbranched alkanes of at least 4 members (excludes halogenated alkanes) is 13. The average molecular weight is 417 g/mol. The van der Waals surface area contributed by atoms with Gasteiger partial charge in [-0.3, -0.25) is 0 Å². The molecule has 0 spiro atoms. The quantitative estimate of drug-likeness (QED) is 0.212. The maximum atomic E-state index is 11.2. The zero-order chi connectivity index (χ0) is 19.0. The van der Waals surface area contributed by atoms with Crippen LogP contribution in [0.1, 0.15) is 117 Å². The fraction of sp³-hybridized carbons (Fsp3) is 1.00. The van der Waals surface area contributed by atoms with Gasteiger partial charge in [0.05, 0.1) is 11.4 Å². The molecule has 0 saturated heterocycles. The Balaban J connectivity index is 0. The van der Waals surface area contributed by atoms with Crippen LogP contribution in [0.25, 0.3) is 0 Å². The summed E-state index contributed by atoms with van der Waals surface area (Å²) in [6.45, 7) is 3.95. The maximum Gasteiger partial charge on any atom is 1.00 e. The molecule has 1 N–H and O–H groups in total. The maximum absolute atomic E-state index is 11.2. The van der Waals surface area contributed by atoms with Gasteiger partial charge in [0.15, 0.2) is 0 Å². The van der Waals surface area contributed by atoms with Gasteiger partial charge in [-0.15, -0.1) is 0 Å². The summed E-state index contributed by atoms with van der Waals surface area (Å²) >= 11 is 0. The van der Waals surface area contributed by atoms with Crippen molar-refractivity contribution in [3.8, 4) is 0 Å². The van der Waals surface area contributed by atoms with Crippen LogP contribution in [0.5, 0.6) is 0 Å². The van der Waals surface area contributed by atoms with E-state index in [1.54, 1.807) is 6.92 Å². The zero-order valence-corrected chi connectivity index (χ0v) is 21.5. The fourth-order valence-corrected chi connectivity index (χ4v) is 4.36. The Morgan fingerprint density at radius 1 is 0.731 bits per heavy atom. The minimum absolute atomic E-state index is 0. The van der Waals surface area contributed by atoms with Crippen LogP contribution in [-0.2, 0) is 10.1 Å². The van der Waals surface area contributed by atoms with E-state index in [4.69, 9.17) is 0 Å². The van der Waals surface area contributed by atoms with Crippen LogP contribution in [0.3, 0.4) is 0 Å². The van der Waals surface area contributed by atoms with Gasteiger partial charge in [0, 0.05) is 0 Å². The van der Waals surface area contributed by atoms with Crippen LogP contribution in [0, 0.1) is 0 Å². The predicted molar refractivity (Wildman–Crippen MR) is 105 cm³/mol. The van der Waals surface area contributed by atoms with E-state index in [0.717, 1.165) is 12.8 Å². The monoisotopic (exact) mass is 416 g/mol. The standard InChI is InChI=1S/C20H42O4S.K/c1-3-5-6-7-8-9-10-11-12-13-14-15-16-17-18-20(19(21)4-2)25(22,23)24;/h19-21H,3-18H2,1-2H3,(H,22,23,24);/q;+1/p-1. The Morgan fingerprint density at radius 3 is 1.38 bits per heavy atom. The van der Waals surface area contributed by atoms with Crippen molar-refractivity contribution in [2.24, 2.45) is 0 Å². The molecule has 0 heterocycles. The second-order valence-electron chi connectivity index (χ2n) is 7.39. The summed E-state index contributed by atoms with van der Waals surface area (Å²) in [5.41, 5.74) is 0. The first kappa shape index (κ1) is 29.7. The summed E-state index contributed by atoms with van der Waals surface area (Å²) in [6, 6.07) is 0. The summed E-state index contributed by atoms with van der Waals surface area (Å²) in [5, 5.41) is 8.55. The molecular formula is C20H41KO4S. The first-order valence-electron chi connectivity index (χ1n) is 10.6. The van der Waals surface area contributed by atoms with E-state index in [9.17, 15) is 18.1 Å². The number of hydrogen-bond acceptors (Lipinski definition) is 4. The molecule has 2 unspecified atom stereocenters. The van der Waals surface area contributed by atoms with Crippen molar-refractivity contribution < 1.29 is 69.5 Å². The van der Waals surface area contributed by atoms with E-state index in [-0.39, 0.29) is 51.4 Å². The normalized spacial score (nSPS) is 14.0. The van der Waals surface area contributed by atoms with Crippen LogP contribution in [0.15, 0.2) is 0 Å². The smallest absolute Gasteiger partial charge is 0.748 e. The van der Waals surface area contributed by atoms with Crippen molar-refractivity contribution >= 4 is 10.1 Å². The largest absolute Gasteiger partial charge is 1.00 e. The van der Waals surface area contributed by atoms with E-state index in [0.29, 0.717) is 19.3 Å². The molecule has 0 rings (SSSR count). The minimum Gasteiger partial charge on any atom is -0.748 e. The number of aliphatic hydroxyl groups is 1. The molecule has 0 aromatic carbocycles. The molecule has 0 aliphatic rings. The van der Waals surface area contributed by atoms with Gasteiger partial charge in [0.1, 0.15) is 10.1 Å². The first-order chi connectivity index (χ1) is 11.9. The number of aliphatic hydroxyl groups excluding tert-OH is 1. The average Bonchev–Trinajstić information content (AvgIpc) is 2.56. The van der Waals surface area contributed by atoms with Crippen LogP contribution in [-0.4, -0.2) is 29.4 Å². The van der Waals surface area contributed by atoms with E-state index in [1.165, 1.54) is 70.6 Å². The molecule has 0 aliphatic heterocycles. The third kappa shape index (κ3) is 17.6. The molecule has 0 bridgehead atoms. The van der Waals surface area contributed by atoms with Crippen molar-refractivity contribution in [1.82, 2.24) is 0 Å². The molecule has 0 amide bonds. The molecule has 0 aromatic rings. The summed E-state index contributed by atoms with van der Waals surface area (Å²) in [7, 11) is -4.39. The molecule has 0 aliphatic carbocycles. The number of rotatable bonds is 18. The summed E-state index contributed by atoms with van der Waals surface area (Å²) in [5.74, 6) is 0. The Hall–Kier alpha value is 1.51. The Morgan fingerprint density at radius 2 is 1.08 bits per heavy atom. The molecule has 2 atom stereocenters. The number of hydrogen-bond donors (Lipinski definition) is 1. The molecule has 4 nitrogen and oxygen atoms in total. The Bertz CT molecular complexity index is 387. The van der Waals surface area contributed by atoms with E-state index in [1.807, 2.05) is 0 Å². The van der Waals surface area contributed by atoms with Gasteiger partial charge in [0.25, 0.3) is 0 Å². The first-order valence-corrected chi connectivity index (χ1v) is 12.0. The predicted octanol–water partition coefficient (Wildman–Crippen LogP) is 2.55. The van der Waals surface area contributed by atoms with Gasteiger partial charge < -0.3 is 9.66 Å². The molecule has 0 aromatic heterocycles. The fourth-order valence-electron chi connectivity index (χ4n) is 3.33. The third-order valence-electron chi connectivity index (χ3n) is 5.06. The van der Waals surface area contributed by atoms with Crippen molar-refractivity contribution in [2.45, 2.75) is 128 Å². The van der Waals surface area contributed by atoms with Gasteiger partial charge in [0.2, 0.25) is 0 Å². The third-order valence-corrected chi connectivity index (χ3v) is 6.35. The van der Waals surface area contributed by atoms with Gasteiger partial charge in [-0.05, 0) is 12.8 Å². The molecular weight excluding hydrogens is 375 g/mol. The van der Waals surface area contributed by atoms with Crippen LogP contribution < -0.4 is 51.4 Å². The Labute approximate surface area is 205 Å². The van der Waals surface area contributed by atoms with E-state index < -0.39 is 21.5 Å². The molecule has 152 valence electrons. The molecule has 0 fully saturated rings. The van der Waals surface area contributed by atoms with Gasteiger partial charge >= 0.3 is 51.4 Å². The summed E-state index contributed by atoms with van der Waals surface area (Å²) < 4.78 is 33.5.